The number of carbonyl (C=O) groups excluding carboxylic acids is 2. The van der Waals surface area contributed by atoms with E-state index < -0.39 is 42.3 Å². The van der Waals surface area contributed by atoms with Gasteiger partial charge in [-0.05, 0) is 93.6 Å². The average Bonchev–Trinajstić information content (AvgIpc) is 3.01. The van der Waals surface area contributed by atoms with Crippen LogP contribution in [0.25, 0.3) is 11.2 Å². The maximum absolute atomic E-state index is 13.2. The van der Waals surface area contributed by atoms with Crippen molar-refractivity contribution in [3.8, 4) is 5.75 Å². The second-order valence-corrected chi connectivity index (χ2v) is 12.7. The summed E-state index contributed by atoms with van der Waals surface area (Å²) in [6.07, 6.45) is 0.708. The van der Waals surface area contributed by atoms with Crippen LogP contribution in [0.15, 0.2) is 42.6 Å². The lowest BCUT2D eigenvalue weighted by Crippen LogP contribution is -2.52. The summed E-state index contributed by atoms with van der Waals surface area (Å²) in [6, 6.07) is 6.89. The Hall–Kier alpha value is -4.60. The maximum atomic E-state index is 13.2. The molecule has 246 valence electrons. The van der Waals surface area contributed by atoms with Gasteiger partial charge >= 0.3 is 11.9 Å². The van der Waals surface area contributed by atoms with Crippen molar-refractivity contribution in [2.45, 2.75) is 37.9 Å². The molecule has 0 fully saturated rings. The first-order chi connectivity index (χ1) is 22.2. The number of halogens is 2. The Balaban J connectivity index is 1.44. The van der Waals surface area contributed by atoms with Gasteiger partial charge in [-0.15, -0.1) is 0 Å². The minimum Gasteiger partial charge on any atom is -0.506 e. The normalized spacial score (nSPS) is 12.2. The number of phenols is 1. The molecule has 0 aliphatic carbocycles. The van der Waals surface area contributed by atoms with Crippen LogP contribution in [-0.2, 0) is 27.3 Å². The van der Waals surface area contributed by atoms with Crippen LogP contribution < -0.4 is 27.0 Å². The highest BCUT2D eigenvalue weighted by atomic mass is 127. The van der Waals surface area contributed by atoms with Crippen LogP contribution in [-0.4, -0.2) is 78.1 Å². The van der Waals surface area contributed by atoms with Gasteiger partial charge in [0.05, 0.1) is 25.6 Å². The summed E-state index contributed by atoms with van der Waals surface area (Å²) in [5, 5.41) is 34.0. The molecule has 0 unspecified atom stereocenters. The number of carbonyl (C=O) groups is 4. The number of carboxylic acid groups (broad SMARTS) is 2. The number of hydrogen-bond donors (Lipinski definition) is 7. The zero-order valence-corrected chi connectivity index (χ0v) is 29.0. The maximum Gasteiger partial charge on any atom is 0.326 e. The molecule has 0 bridgehead atoms. The third kappa shape index (κ3) is 9.24. The lowest BCUT2D eigenvalue weighted by molar-refractivity contribution is -0.142. The number of anilines is 3. The molecule has 0 saturated heterocycles. The van der Waals surface area contributed by atoms with Crippen molar-refractivity contribution in [3.05, 3.63) is 66.6 Å². The topological polar surface area (TPSA) is 260 Å². The number of phenolic OH excluding ortho intramolecular Hbond substituents is 1. The van der Waals surface area contributed by atoms with Crippen LogP contribution in [0, 0.1) is 7.14 Å². The highest BCUT2D eigenvalue weighted by Gasteiger charge is 2.28. The Kier molecular flexibility index (Phi) is 11.5. The van der Waals surface area contributed by atoms with E-state index in [0.717, 1.165) is 0 Å². The first-order valence-electron chi connectivity index (χ1n) is 13.8. The number of fused-ring (bicyclic) bond motifs is 1. The van der Waals surface area contributed by atoms with Gasteiger partial charge in [-0.2, -0.15) is 9.97 Å². The highest BCUT2D eigenvalue weighted by molar-refractivity contribution is 14.1. The van der Waals surface area contributed by atoms with Crippen LogP contribution in [0.4, 0.5) is 17.5 Å². The fourth-order valence-corrected chi connectivity index (χ4v) is 6.38. The minimum atomic E-state index is -1.38. The van der Waals surface area contributed by atoms with Gasteiger partial charge < -0.3 is 42.3 Å². The first-order valence-corrected chi connectivity index (χ1v) is 16.0. The lowest BCUT2D eigenvalue weighted by atomic mass is 10.0. The zero-order chi connectivity index (χ0) is 34.4. The molecule has 0 aliphatic rings. The second-order valence-electron chi connectivity index (χ2n) is 10.4. The predicted molar refractivity (Wildman–Crippen MR) is 187 cm³/mol. The van der Waals surface area contributed by atoms with Crippen LogP contribution in [0.2, 0.25) is 0 Å². The molecule has 0 saturated carbocycles. The molecule has 2 aromatic heterocycles. The molecule has 9 N–H and O–H groups in total. The number of benzene rings is 2. The molecule has 18 heteroatoms. The number of nitrogens with two attached hydrogens (primary N) is 2. The Labute approximate surface area is 294 Å². The van der Waals surface area contributed by atoms with Gasteiger partial charge in [0, 0.05) is 31.1 Å². The van der Waals surface area contributed by atoms with E-state index in [2.05, 4.69) is 30.6 Å². The number of aliphatic carboxylic acids is 2. The van der Waals surface area contributed by atoms with E-state index in [1.807, 2.05) is 50.1 Å². The van der Waals surface area contributed by atoms with Gasteiger partial charge in [-0.3, -0.25) is 14.4 Å². The van der Waals surface area contributed by atoms with E-state index in [1.165, 1.54) is 18.3 Å². The van der Waals surface area contributed by atoms with Crippen molar-refractivity contribution in [3.63, 3.8) is 0 Å². The molecule has 47 heavy (non-hydrogen) atoms. The number of aromatic hydroxyl groups is 1. The van der Waals surface area contributed by atoms with Gasteiger partial charge in [0.2, 0.25) is 11.9 Å². The molecule has 2 atom stereocenters. The van der Waals surface area contributed by atoms with E-state index >= 15 is 0 Å². The number of nitrogen functional groups attached to an aromatic ring is 2. The monoisotopic (exact) mass is 869 g/mol. The number of carboxylic acids is 2. The molecule has 0 radical (unpaired) electrons. The van der Waals surface area contributed by atoms with Crippen LogP contribution >= 0.6 is 45.2 Å². The van der Waals surface area contributed by atoms with E-state index in [1.54, 1.807) is 31.3 Å². The molecule has 16 nitrogen and oxygen atoms in total. The SMILES string of the molecule is CN(Cc1cnc2nc(N)nc(N)c2n1)c1ccc(C(=O)N[C@@H](CCC(=O)O)C(=O)N[C@@H](Cc2cc(I)c(O)c(I)c2)C(=O)O)cc1. The van der Waals surface area contributed by atoms with E-state index in [9.17, 15) is 34.5 Å². The second kappa shape index (κ2) is 15.3. The summed E-state index contributed by atoms with van der Waals surface area (Å²) in [6.45, 7) is 0.322. The molecule has 4 rings (SSSR count). The highest BCUT2D eigenvalue weighted by Crippen LogP contribution is 2.28. The Morgan fingerprint density at radius 3 is 2.23 bits per heavy atom. The predicted octanol–water partition coefficient (Wildman–Crippen LogP) is 1.91. The van der Waals surface area contributed by atoms with Crippen LogP contribution in [0.5, 0.6) is 5.75 Å². The van der Waals surface area contributed by atoms with Gasteiger partial charge in [0.1, 0.15) is 17.8 Å². The first kappa shape index (κ1) is 35.3. The Morgan fingerprint density at radius 1 is 0.957 bits per heavy atom. The van der Waals surface area contributed by atoms with Gasteiger partial charge in [0.25, 0.3) is 5.91 Å². The van der Waals surface area contributed by atoms with Gasteiger partial charge in [0.15, 0.2) is 17.0 Å². The van der Waals surface area contributed by atoms with Crippen LogP contribution in [0.3, 0.4) is 0 Å². The molecular formula is C29H29I2N9O7. The van der Waals surface area contributed by atoms with Crippen LogP contribution in [0.1, 0.15) is 34.5 Å². The van der Waals surface area contributed by atoms with E-state index in [0.29, 0.717) is 36.1 Å². The molecular weight excluding hydrogens is 840 g/mol. The fraction of sp³-hybridized carbons (Fsp3) is 0.241. The third-order valence-corrected chi connectivity index (χ3v) is 8.51. The quantitative estimate of drug-likeness (QED) is 0.0948. The van der Waals surface area contributed by atoms with Crippen molar-refractivity contribution in [1.82, 2.24) is 30.6 Å². The van der Waals surface area contributed by atoms with E-state index in [-0.39, 0.29) is 41.6 Å². The number of rotatable bonds is 13. The molecule has 2 aromatic carbocycles. The molecule has 0 spiro atoms. The molecule has 4 aromatic rings. The van der Waals surface area contributed by atoms with Gasteiger partial charge in [-0.25, -0.2) is 14.8 Å². The smallest absolute Gasteiger partial charge is 0.326 e. The summed E-state index contributed by atoms with van der Waals surface area (Å²) in [5.41, 5.74) is 14.1. The average molecular weight is 869 g/mol. The molecule has 0 aliphatic heterocycles. The summed E-state index contributed by atoms with van der Waals surface area (Å²) in [5.74, 6) is -3.86. The summed E-state index contributed by atoms with van der Waals surface area (Å²) in [4.78, 5) is 68.1. The lowest BCUT2D eigenvalue weighted by Gasteiger charge is -2.22. The molecule has 2 amide bonds. The summed E-state index contributed by atoms with van der Waals surface area (Å²) in [7, 11) is 1.80. The van der Waals surface area contributed by atoms with Crippen molar-refractivity contribution < 1.29 is 34.5 Å². The van der Waals surface area contributed by atoms with Gasteiger partial charge in [-0.1, -0.05) is 0 Å². The number of amides is 2. The van der Waals surface area contributed by atoms with Crippen molar-refractivity contribution in [2.24, 2.45) is 0 Å². The fourth-order valence-electron chi connectivity index (χ4n) is 4.48. The zero-order valence-electron chi connectivity index (χ0n) is 24.6. The summed E-state index contributed by atoms with van der Waals surface area (Å²) < 4.78 is 1.02. The van der Waals surface area contributed by atoms with Crippen molar-refractivity contribution >= 4 is 97.6 Å². The largest absolute Gasteiger partial charge is 0.506 e. The minimum absolute atomic E-state index is 0.00756. The van der Waals surface area contributed by atoms with Crippen molar-refractivity contribution in [2.75, 3.05) is 23.4 Å². The van der Waals surface area contributed by atoms with E-state index in [4.69, 9.17) is 11.5 Å². The number of nitrogens with zero attached hydrogens (tertiary/aromatic N) is 5. The summed E-state index contributed by atoms with van der Waals surface area (Å²) >= 11 is 3.83. The number of hydrogen-bond acceptors (Lipinski definition) is 12. The number of nitrogens with one attached hydrogen (secondary N) is 2. The standard InChI is InChI=1S/C29H29I2N9O7/c1-40(12-15-11-34-25-22(35-15)24(32)38-29(33)39-25)16-4-2-14(3-5-16)26(44)36-19(6-7-21(41)42)27(45)37-20(28(46)47)10-13-8-17(30)23(43)18(31)9-13/h2-5,8-9,11,19-20,43H,6-7,10,12H2,1H3,(H,36,44)(H,37,45)(H,41,42)(H,46,47)(H4,32,33,34,38,39)/t19-,20-/m0/s1. The number of aromatic nitrogens is 4. The molecule has 2 heterocycles. The Bertz CT molecular complexity index is 1820. The third-order valence-electron chi connectivity index (χ3n) is 6.87. The van der Waals surface area contributed by atoms with Crippen molar-refractivity contribution in [1.29, 1.82) is 0 Å². The Morgan fingerprint density at radius 2 is 1.62 bits per heavy atom.